The molecule has 0 radical (unpaired) electrons. The van der Waals surface area contributed by atoms with Crippen LogP contribution in [-0.4, -0.2) is 68.3 Å². The molecule has 0 bridgehead atoms. The monoisotopic (exact) mass is 520 g/mol. The number of hydrogen-bond donors (Lipinski definition) is 1. The van der Waals surface area contributed by atoms with E-state index in [9.17, 15) is 22.4 Å². The highest BCUT2D eigenvalue weighted by atomic mass is 19.3. The number of carbonyl (C=O) groups is 1. The molecular formula is C23H24F4N8O2. The number of halogens is 4. The van der Waals surface area contributed by atoms with Crippen LogP contribution in [0.1, 0.15) is 26.3 Å². The lowest BCUT2D eigenvalue weighted by Crippen LogP contribution is -2.61. The number of likely N-dealkylation sites (tertiary alicyclic amines) is 1. The summed E-state index contributed by atoms with van der Waals surface area (Å²) < 4.78 is 56.3. The van der Waals surface area contributed by atoms with Gasteiger partial charge in [0.05, 0.1) is 11.8 Å². The summed E-state index contributed by atoms with van der Waals surface area (Å²) in [4.78, 5) is 28.7. The highest BCUT2D eigenvalue weighted by Gasteiger charge is 2.45. The second-order valence-corrected chi connectivity index (χ2v) is 9.16. The first-order valence-corrected chi connectivity index (χ1v) is 11.6. The molecule has 3 aromatic rings. The van der Waals surface area contributed by atoms with Crippen molar-refractivity contribution in [1.82, 2.24) is 29.6 Å². The molecule has 0 unspecified atom stereocenters. The lowest BCUT2D eigenvalue weighted by atomic mass is 9.72. The Kier molecular flexibility index (Phi) is 6.56. The predicted octanol–water partition coefficient (Wildman–Crippen LogP) is 3.92. The maximum absolute atomic E-state index is 13.1. The maximum Gasteiger partial charge on any atom is 0.387 e. The van der Waals surface area contributed by atoms with Gasteiger partial charge in [-0.2, -0.15) is 22.7 Å². The molecule has 2 aliphatic rings. The molecule has 5 rings (SSSR count). The quantitative estimate of drug-likeness (QED) is 0.468. The van der Waals surface area contributed by atoms with Crippen LogP contribution in [0.15, 0.2) is 36.8 Å². The normalized spacial score (nSPS) is 16.8. The van der Waals surface area contributed by atoms with E-state index in [1.165, 1.54) is 24.5 Å². The van der Waals surface area contributed by atoms with Crippen LogP contribution in [-0.2, 0) is 4.79 Å². The van der Waals surface area contributed by atoms with E-state index in [1.807, 2.05) is 4.90 Å². The number of amides is 1. The third-order valence-electron chi connectivity index (χ3n) is 6.63. The average molecular weight is 520 g/mol. The Labute approximate surface area is 209 Å². The molecule has 5 heterocycles. The van der Waals surface area contributed by atoms with Gasteiger partial charge >= 0.3 is 13.2 Å². The molecule has 10 nitrogen and oxygen atoms in total. The Balaban J connectivity index is 1.40. The Morgan fingerprint density at radius 3 is 2.51 bits per heavy atom. The Morgan fingerprint density at radius 1 is 1.11 bits per heavy atom. The first-order chi connectivity index (χ1) is 17.7. The first kappa shape index (κ1) is 24.7. The van der Waals surface area contributed by atoms with Crippen molar-refractivity contribution in [3.05, 3.63) is 36.8 Å². The van der Waals surface area contributed by atoms with Crippen molar-refractivity contribution in [3.63, 3.8) is 0 Å². The summed E-state index contributed by atoms with van der Waals surface area (Å²) in [6.45, 7) is -1.36. The third kappa shape index (κ3) is 5.42. The van der Waals surface area contributed by atoms with Crippen LogP contribution in [0.5, 0.6) is 5.75 Å². The Morgan fingerprint density at radius 2 is 1.86 bits per heavy atom. The van der Waals surface area contributed by atoms with Crippen LogP contribution in [0.4, 0.5) is 35.0 Å². The van der Waals surface area contributed by atoms with E-state index in [0.29, 0.717) is 29.4 Å². The van der Waals surface area contributed by atoms with Crippen molar-refractivity contribution in [3.8, 4) is 17.1 Å². The Bertz CT molecular complexity index is 1270. The predicted molar refractivity (Wildman–Crippen MR) is 125 cm³/mol. The van der Waals surface area contributed by atoms with Gasteiger partial charge in [-0.1, -0.05) is 0 Å². The van der Waals surface area contributed by atoms with E-state index in [2.05, 4.69) is 35.0 Å². The standard InChI is InChI=1S/C23H24F4N8O2/c1-14(36)33-6-3-23(4-7-33)12-34(13-23)19-9-18(30-17-8-16(2-5-28-17)37-22(26)27)31-20(32-19)15-10-29-35(11-15)21(24)25/h2,5,8-11,21-22H,3-4,6-7,12-13H2,1H3,(H,28,30,31,32). The zero-order chi connectivity index (χ0) is 26.2. The van der Waals surface area contributed by atoms with Crippen molar-refractivity contribution >= 4 is 23.4 Å². The fraction of sp³-hybridized carbons (Fsp3) is 0.435. The fourth-order valence-electron chi connectivity index (χ4n) is 4.67. The molecule has 2 saturated heterocycles. The SMILES string of the molecule is CC(=O)N1CCC2(CC1)CN(c1cc(Nc3cc(OC(F)F)ccn3)nc(-c3cnn(C(F)F)c3)n1)C2. The van der Waals surface area contributed by atoms with Crippen molar-refractivity contribution in [1.29, 1.82) is 0 Å². The molecule has 1 amide bonds. The summed E-state index contributed by atoms with van der Waals surface area (Å²) in [5.74, 6) is 1.22. The van der Waals surface area contributed by atoms with Gasteiger partial charge < -0.3 is 19.9 Å². The number of carbonyl (C=O) groups excluding carboxylic acids is 1. The minimum absolute atomic E-state index is 0.0724. The first-order valence-electron chi connectivity index (χ1n) is 11.6. The summed E-state index contributed by atoms with van der Waals surface area (Å²) in [6, 6.07) is 4.27. The van der Waals surface area contributed by atoms with Gasteiger partial charge in [0.1, 0.15) is 23.2 Å². The zero-order valence-electron chi connectivity index (χ0n) is 19.8. The number of nitrogens with zero attached hydrogens (tertiary/aromatic N) is 7. The van der Waals surface area contributed by atoms with Gasteiger partial charge in [0, 0.05) is 63.0 Å². The highest BCUT2D eigenvalue weighted by Crippen LogP contribution is 2.43. The number of anilines is 3. The van der Waals surface area contributed by atoms with E-state index in [-0.39, 0.29) is 34.3 Å². The van der Waals surface area contributed by atoms with Gasteiger partial charge in [-0.05, 0) is 18.9 Å². The van der Waals surface area contributed by atoms with E-state index in [4.69, 9.17) is 0 Å². The van der Waals surface area contributed by atoms with Crippen LogP contribution < -0.4 is 15.0 Å². The molecule has 37 heavy (non-hydrogen) atoms. The minimum atomic E-state index is -2.99. The molecule has 14 heteroatoms. The van der Waals surface area contributed by atoms with Crippen molar-refractivity contribution < 1.29 is 27.1 Å². The zero-order valence-corrected chi connectivity index (χ0v) is 19.8. The second kappa shape index (κ2) is 9.82. The lowest BCUT2D eigenvalue weighted by Gasteiger charge is -2.54. The van der Waals surface area contributed by atoms with E-state index >= 15 is 0 Å². The van der Waals surface area contributed by atoms with E-state index in [1.54, 1.807) is 13.0 Å². The van der Waals surface area contributed by atoms with Crippen LogP contribution in [0.3, 0.4) is 0 Å². The van der Waals surface area contributed by atoms with Gasteiger partial charge in [0.2, 0.25) is 5.91 Å². The number of alkyl halides is 4. The number of piperidine rings is 1. The third-order valence-corrected chi connectivity index (χ3v) is 6.63. The van der Waals surface area contributed by atoms with Crippen molar-refractivity contribution in [2.75, 3.05) is 36.4 Å². The van der Waals surface area contributed by atoms with Gasteiger partial charge in [-0.3, -0.25) is 4.79 Å². The van der Waals surface area contributed by atoms with E-state index in [0.717, 1.165) is 32.1 Å². The van der Waals surface area contributed by atoms with Crippen molar-refractivity contribution in [2.45, 2.75) is 32.9 Å². The smallest absolute Gasteiger partial charge is 0.387 e. The molecule has 2 aliphatic heterocycles. The molecule has 1 N–H and O–H groups in total. The number of nitrogens with one attached hydrogen (secondary N) is 1. The van der Waals surface area contributed by atoms with Crippen LogP contribution in [0.2, 0.25) is 0 Å². The molecule has 196 valence electrons. The number of hydrogen-bond acceptors (Lipinski definition) is 8. The van der Waals surface area contributed by atoms with E-state index < -0.39 is 13.2 Å². The largest absolute Gasteiger partial charge is 0.435 e. The fourth-order valence-corrected chi connectivity index (χ4v) is 4.67. The van der Waals surface area contributed by atoms with Crippen LogP contribution in [0.25, 0.3) is 11.4 Å². The number of rotatable bonds is 7. The minimum Gasteiger partial charge on any atom is -0.435 e. The summed E-state index contributed by atoms with van der Waals surface area (Å²) in [6.07, 6.45) is 5.47. The molecule has 1 spiro atoms. The molecule has 0 saturated carbocycles. The van der Waals surface area contributed by atoms with Crippen LogP contribution >= 0.6 is 0 Å². The summed E-state index contributed by atoms with van der Waals surface area (Å²) in [7, 11) is 0. The summed E-state index contributed by atoms with van der Waals surface area (Å²) in [5, 5.41) is 6.62. The molecular weight excluding hydrogens is 496 g/mol. The molecule has 2 fully saturated rings. The number of pyridine rings is 1. The molecule has 0 atom stereocenters. The summed E-state index contributed by atoms with van der Waals surface area (Å²) >= 11 is 0. The molecule has 0 aromatic carbocycles. The van der Waals surface area contributed by atoms with Gasteiger partial charge in [0.25, 0.3) is 0 Å². The second-order valence-electron chi connectivity index (χ2n) is 9.16. The van der Waals surface area contributed by atoms with Crippen molar-refractivity contribution in [2.24, 2.45) is 5.41 Å². The van der Waals surface area contributed by atoms with Crippen LogP contribution in [0, 0.1) is 5.41 Å². The molecule has 3 aromatic heterocycles. The Hall–Kier alpha value is -3.97. The number of ether oxygens (including phenoxy) is 1. The number of aromatic nitrogens is 5. The van der Waals surface area contributed by atoms with Gasteiger partial charge in [-0.25, -0.2) is 19.6 Å². The average Bonchev–Trinajstić information content (AvgIpc) is 3.33. The maximum atomic E-state index is 13.1. The lowest BCUT2D eigenvalue weighted by molar-refractivity contribution is -0.131. The van der Waals surface area contributed by atoms with Gasteiger partial charge in [0.15, 0.2) is 5.82 Å². The van der Waals surface area contributed by atoms with Gasteiger partial charge in [-0.15, -0.1) is 0 Å². The highest BCUT2D eigenvalue weighted by molar-refractivity contribution is 5.73. The topological polar surface area (TPSA) is 101 Å². The summed E-state index contributed by atoms with van der Waals surface area (Å²) in [5.41, 5.74) is 0.367. The molecule has 0 aliphatic carbocycles.